The van der Waals surface area contributed by atoms with Crippen LogP contribution in [-0.4, -0.2) is 58.0 Å². The van der Waals surface area contributed by atoms with Crippen molar-refractivity contribution in [1.82, 2.24) is 0 Å². The second-order valence-electron chi connectivity index (χ2n) is 2.53. The Kier molecular flexibility index (Phi) is 63.1. The van der Waals surface area contributed by atoms with E-state index < -0.39 is 0 Å². The SMILES string of the molecule is C1CCOC1.CCC[CH2][Mg+].[Cl-].[Cl-].[Cl-].[Mg+2]. The topological polar surface area (TPSA) is 9.23 Å². The summed E-state index contributed by atoms with van der Waals surface area (Å²) in [5.74, 6) is 0. The summed E-state index contributed by atoms with van der Waals surface area (Å²) < 4.78 is 6.32. The molecule has 1 fully saturated rings. The van der Waals surface area contributed by atoms with Gasteiger partial charge in [0.1, 0.15) is 0 Å². The van der Waals surface area contributed by atoms with Gasteiger partial charge in [-0.15, -0.1) is 0 Å². The van der Waals surface area contributed by atoms with Gasteiger partial charge in [0.15, 0.2) is 0 Å². The van der Waals surface area contributed by atoms with Crippen LogP contribution in [0.15, 0.2) is 0 Å². The van der Waals surface area contributed by atoms with Gasteiger partial charge in [0.2, 0.25) is 0 Å². The molecule has 0 aromatic carbocycles. The van der Waals surface area contributed by atoms with Crippen molar-refractivity contribution >= 4 is 44.8 Å². The molecule has 14 heavy (non-hydrogen) atoms. The zero-order valence-corrected chi connectivity index (χ0v) is 14.0. The third-order valence-electron chi connectivity index (χ3n) is 1.43. The standard InChI is InChI=1S/C4H8O.C4H9.3ClH.2Mg/c1-2-4-5-3-1;1-3-4-2;;;;;/h1-4H2;1,3-4H2,2H3;3*1H;;/q;;;;;+1;+2/p-3. The molecule has 0 saturated carbocycles. The summed E-state index contributed by atoms with van der Waals surface area (Å²) in [6, 6.07) is 0. The smallest absolute Gasteiger partial charge is 1.00 e. The van der Waals surface area contributed by atoms with Gasteiger partial charge in [0, 0.05) is 13.2 Å². The van der Waals surface area contributed by atoms with Crippen molar-refractivity contribution < 1.29 is 42.0 Å². The maximum atomic E-state index is 4.94. The van der Waals surface area contributed by atoms with Gasteiger partial charge in [-0.1, -0.05) is 0 Å². The average molecular weight is 284 g/mol. The Morgan fingerprint density at radius 2 is 1.50 bits per heavy atom. The number of unbranched alkanes of at least 4 members (excludes halogenated alkanes) is 1. The Labute approximate surface area is 136 Å². The molecule has 1 rings (SSSR count). The molecular weight excluding hydrogens is 267 g/mol. The van der Waals surface area contributed by atoms with Crippen LogP contribution in [-0.2, 0) is 4.74 Å². The molecule has 0 aromatic rings. The number of rotatable bonds is 2. The largest absolute Gasteiger partial charge is 2.00 e. The van der Waals surface area contributed by atoms with Crippen molar-refractivity contribution in [3.63, 3.8) is 0 Å². The predicted octanol–water partition coefficient (Wildman–Crippen LogP) is -7.20. The van der Waals surface area contributed by atoms with Crippen LogP contribution in [0.5, 0.6) is 0 Å². The van der Waals surface area contributed by atoms with Crippen LogP contribution < -0.4 is 37.2 Å². The Morgan fingerprint density at radius 1 is 1.07 bits per heavy atom. The number of halogens is 3. The molecule has 0 unspecified atom stereocenters. The van der Waals surface area contributed by atoms with Gasteiger partial charge in [-0.3, -0.25) is 0 Å². The molecule has 1 aliphatic rings. The van der Waals surface area contributed by atoms with E-state index in [0.717, 1.165) is 13.2 Å². The van der Waals surface area contributed by atoms with Crippen molar-refractivity contribution in [2.45, 2.75) is 37.2 Å². The number of ether oxygens (including phenoxy) is 1. The third-order valence-corrected chi connectivity index (χ3v) is 1.93. The van der Waals surface area contributed by atoms with E-state index in [-0.39, 0.29) is 60.3 Å². The monoisotopic (exact) mass is 282 g/mol. The van der Waals surface area contributed by atoms with E-state index in [9.17, 15) is 0 Å². The Bertz CT molecular complexity index is 56.9. The molecular formula is C8H17Cl3Mg2O. The molecule has 0 spiro atoms. The van der Waals surface area contributed by atoms with E-state index in [0.29, 0.717) is 0 Å². The van der Waals surface area contributed by atoms with Crippen molar-refractivity contribution in [3.05, 3.63) is 0 Å². The van der Waals surface area contributed by atoms with Gasteiger partial charge in [0.05, 0.1) is 0 Å². The zero-order chi connectivity index (χ0) is 7.66. The molecule has 1 aliphatic heterocycles. The molecule has 80 valence electrons. The maximum Gasteiger partial charge on any atom is 2.00 e. The maximum absolute atomic E-state index is 4.94. The quantitative estimate of drug-likeness (QED) is 0.458. The molecule has 6 heteroatoms. The summed E-state index contributed by atoms with van der Waals surface area (Å²) in [4.78, 5) is 0. The van der Waals surface area contributed by atoms with E-state index in [2.05, 4.69) is 6.92 Å². The first kappa shape index (κ1) is 29.9. The van der Waals surface area contributed by atoms with Crippen molar-refractivity contribution in [3.8, 4) is 0 Å². The van der Waals surface area contributed by atoms with Crippen LogP contribution in [0.2, 0.25) is 4.55 Å². The normalized spacial score (nSPS) is 11.6. The van der Waals surface area contributed by atoms with Crippen LogP contribution in [0.1, 0.15) is 32.6 Å². The first-order valence-electron chi connectivity index (χ1n) is 4.28. The molecule has 0 atom stereocenters. The fraction of sp³-hybridized carbons (Fsp3) is 1.00. The van der Waals surface area contributed by atoms with Crippen molar-refractivity contribution in [2.75, 3.05) is 13.2 Å². The first-order chi connectivity index (χ1) is 4.91. The summed E-state index contributed by atoms with van der Waals surface area (Å²) in [5, 5.41) is 0. The van der Waals surface area contributed by atoms with Crippen LogP contribution in [0.3, 0.4) is 0 Å². The summed E-state index contributed by atoms with van der Waals surface area (Å²) >= 11 is 2.05. The number of hydrogen-bond acceptors (Lipinski definition) is 1. The zero-order valence-electron chi connectivity index (χ0n) is 8.91. The molecule has 1 heterocycles. The Morgan fingerprint density at radius 3 is 1.57 bits per heavy atom. The van der Waals surface area contributed by atoms with Gasteiger partial charge in [-0.05, 0) is 12.8 Å². The minimum absolute atomic E-state index is 0. The van der Waals surface area contributed by atoms with E-state index in [1.807, 2.05) is 21.7 Å². The molecule has 1 nitrogen and oxygen atoms in total. The van der Waals surface area contributed by atoms with Gasteiger partial charge < -0.3 is 42.0 Å². The van der Waals surface area contributed by atoms with Crippen molar-refractivity contribution in [2.24, 2.45) is 0 Å². The van der Waals surface area contributed by atoms with Crippen LogP contribution in [0, 0.1) is 0 Å². The van der Waals surface area contributed by atoms with Crippen LogP contribution in [0.4, 0.5) is 0 Å². The summed E-state index contributed by atoms with van der Waals surface area (Å²) in [5.41, 5.74) is 0. The second-order valence-corrected chi connectivity index (χ2v) is 3.23. The fourth-order valence-electron chi connectivity index (χ4n) is 0.760. The molecule has 0 bridgehead atoms. The fourth-order valence-corrected chi connectivity index (χ4v) is 1.26. The first-order valence-corrected chi connectivity index (χ1v) is 5.28. The van der Waals surface area contributed by atoms with E-state index in [4.69, 9.17) is 4.74 Å². The second kappa shape index (κ2) is 29.5. The van der Waals surface area contributed by atoms with E-state index >= 15 is 0 Å². The van der Waals surface area contributed by atoms with E-state index in [1.54, 1.807) is 0 Å². The summed E-state index contributed by atoms with van der Waals surface area (Å²) in [7, 11) is 0. The Hall–Kier alpha value is 2.36. The minimum atomic E-state index is 0. The molecule has 0 aromatic heterocycles. The molecule has 0 radical (unpaired) electrons. The molecule has 0 amide bonds. The van der Waals surface area contributed by atoms with Gasteiger partial charge in [0.25, 0.3) is 0 Å². The van der Waals surface area contributed by atoms with Crippen molar-refractivity contribution in [1.29, 1.82) is 0 Å². The van der Waals surface area contributed by atoms with Gasteiger partial charge >= 0.3 is 69.1 Å². The summed E-state index contributed by atoms with van der Waals surface area (Å²) in [6.45, 7) is 4.22. The van der Waals surface area contributed by atoms with Crippen LogP contribution >= 0.6 is 0 Å². The van der Waals surface area contributed by atoms with Crippen LogP contribution in [0.25, 0.3) is 0 Å². The Balaban J connectivity index is -0.0000000300. The number of hydrogen-bond donors (Lipinski definition) is 0. The molecule has 1 saturated heterocycles. The van der Waals surface area contributed by atoms with Gasteiger partial charge in [-0.25, -0.2) is 0 Å². The minimum Gasteiger partial charge on any atom is -1.00 e. The summed E-state index contributed by atoms with van der Waals surface area (Å²) in [6.07, 6.45) is 5.31. The van der Waals surface area contributed by atoms with Gasteiger partial charge in [-0.2, -0.15) is 0 Å². The van der Waals surface area contributed by atoms with E-state index in [1.165, 1.54) is 30.2 Å². The average Bonchev–Trinajstić information content (AvgIpc) is 2.44. The molecule has 0 aliphatic carbocycles. The predicted molar refractivity (Wildman–Crippen MR) is 51.3 cm³/mol. The third kappa shape index (κ3) is 29.3. The molecule has 0 N–H and O–H groups in total.